The highest BCUT2D eigenvalue weighted by Crippen LogP contribution is 2.22. The number of aromatic amines is 1. The fourth-order valence-corrected chi connectivity index (χ4v) is 1.75. The number of hydrogen-bond donors (Lipinski definition) is 1. The number of nitrogens with zero attached hydrogens (tertiary/aromatic N) is 3. The molecule has 84 valence electrons. The Labute approximate surface area is 101 Å². The zero-order valence-corrected chi connectivity index (χ0v) is 9.24. The van der Waals surface area contributed by atoms with Crippen LogP contribution in [0.2, 0.25) is 5.15 Å². The van der Waals surface area contributed by atoms with Gasteiger partial charge in [-0.1, -0.05) is 11.6 Å². The minimum atomic E-state index is -0.303. The van der Waals surface area contributed by atoms with Crippen LogP contribution >= 0.6 is 11.6 Å². The highest BCUT2D eigenvalue weighted by Gasteiger charge is 2.09. The van der Waals surface area contributed by atoms with Gasteiger partial charge in [0.15, 0.2) is 16.6 Å². The minimum absolute atomic E-state index is 0.274. The Kier molecular flexibility index (Phi) is 2.26. The molecule has 3 aromatic rings. The lowest BCUT2D eigenvalue weighted by Gasteiger charge is -2.00. The third-order valence-corrected chi connectivity index (χ3v) is 2.60. The molecule has 0 aliphatic heterocycles. The zero-order valence-electron chi connectivity index (χ0n) is 8.48. The van der Waals surface area contributed by atoms with Crippen molar-refractivity contribution in [3.63, 3.8) is 0 Å². The number of benzene rings is 1. The van der Waals surface area contributed by atoms with E-state index in [2.05, 4.69) is 19.9 Å². The lowest BCUT2D eigenvalue weighted by Crippen LogP contribution is -1.91. The van der Waals surface area contributed by atoms with Gasteiger partial charge in [-0.25, -0.2) is 19.3 Å². The first-order chi connectivity index (χ1) is 8.24. The van der Waals surface area contributed by atoms with E-state index in [1.54, 1.807) is 12.1 Å². The molecule has 1 aromatic carbocycles. The van der Waals surface area contributed by atoms with Crippen LogP contribution in [0.5, 0.6) is 0 Å². The number of H-pyrrole nitrogens is 1. The van der Waals surface area contributed by atoms with Gasteiger partial charge >= 0.3 is 0 Å². The van der Waals surface area contributed by atoms with E-state index in [4.69, 9.17) is 11.6 Å². The Hall–Kier alpha value is -2.01. The van der Waals surface area contributed by atoms with Crippen LogP contribution in [0, 0.1) is 5.82 Å². The summed E-state index contributed by atoms with van der Waals surface area (Å²) in [7, 11) is 0. The summed E-state index contributed by atoms with van der Waals surface area (Å²) in [6.45, 7) is 0. The average molecular weight is 249 g/mol. The summed E-state index contributed by atoms with van der Waals surface area (Å²) in [6, 6.07) is 5.90. The van der Waals surface area contributed by atoms with Crippen LogP contribution < -0.4 is 0 Å². The highest BCUT2D eigenvalue weighted by molar-refractivity contribution is 6.33. The van der Waals surface area contributed by atoms with E-state index in [1.165, 1.54) is 18.5 Å². The van der Waals surface area contributed by atoms with Gasteiger partial charge in [0.05, 0.1) is 6.33 Å². The van der Waals surface area contributed by atoms with Crippen LogP contribution in [0.3, 0.4) is 0 Å². The van der Waals surface area contributed by atoms with Gasteiger partial charge in [-0.2, -0.15) is 0 Å². The Morgan fingerprint density at radius 1 is 1.12 bits per heavy atom. The van der Waals surface area contributed by atoms with Crippen molar-refractivity contribution in [1.82, 2.24) is 19.9 Å². The fraction of sp³-hybridized carbons (Fsp3) is 0. The van der Waals surface area contributed by atoms with Crippen molar-refractivity contribution in [2.45, 2.75) is 0 Å². The predicted octanol–water partition coefficient (Wildman–Crippen LogP) is 2.81. The molecule has 2 heterocycles. The van der Waals surface area contributed by atoms with Gasteiger partial charge in [0.1, 0.15) is 11.3 Å². The smallest absolute Gasteiger partial charge is 0.163 e. The molecule has 0 fully saturated rings. The molecule has 6 heteroatoms. The lowest BCUT2D eigenvalue weighted by molar-refractivity contribution is 0.628. The summed E-state index contributed by atoms with van der Waals surface area (Å²) in [5.74, 6) is 0.134. The molecular weight excluding hydrogens is 243 g/mol. The van der Waals surface area contributed by atoms with Gasteiger partial charge in [-0.15, -0.1) is 0 Å². The maximum atomic E-state index is 12.8. The van der Waals surface area contributed by atoms with Crippen LogP contribution in [0.4, 0.5) is 4.39 Å². The predicted molar refractivity (Wildman–Crippen MR) is 62.1 cm³/mol. The summed E-state index contributed by atoms with van der Waals surface area (Å²) in [5.41, 5.74) is 1.78. The number of hydrogen-bond acceptors (Lipinski definition) is 3. The van der Waals surface area contributed by atoms with E-state index in [0.29, 0.717) is 22.6 Å². The average Bonchev–Trinajstić information content (AvgIpc) is 2.78. The Balaban J connectivity index is 2.20. The van der Waals surface area contributed by atoms with Crippen LogP contribution in [-0.4, -0.2) is 19.9 Å². The second-order valence-corrected chi connectivity index (χ2v) is 3.80. The third-order valence-electron chi connectivity index (χ3n) is 2.34. The Morgan fingerprint density at radius 2 is 1.88 bits per heavy atom. The maximum absolute atomic E-state index is 12.8. The van der Waals surface area contributed by atoms with E-state index in [1.807, 2.05) is 0 Å². The second-order valence-electron chi connectivity index (χ2n) is 3.44. The number of nitrogens with one attached hydrogen (secondary N) is 1. The Morgan fingerprint density at radius 3 is 2.65 bits per heavy atom. The highest BCUT2D eigenvalue weighted by atomic mass is 35.5. The molecule has 17 heavy (non-hydrogen) atoms. The molecule has 0 saturated heterocycles. The van der Waals surface area contributed by atoms with Crippen molar-refractivity contribution in [2.75, 3.05) is 0 Å². The third kappa shape index (κ3) is 1.74. The van der Waals surface area contributed by atoms with E-state index < -0.39 is 0 Å². The number of fused-ring (bicyclic) bond motifs is 1. The molecular formula is C11H6ClFN4. The van der Waals surface area contributed by atoms with Crippen molar-refractivity contribution < 1.29 is 4.39 Å². The molecule has 0 spiro atoms. The summed E-state index contributed by atoms with van der Waals surface area (Å²) in [5, 5.41) is 0.274. The summed E-state index contributed by atoms with van der Waals surface area (Å²) in [4.78, 5) is 15.2. The summed E-state index contributed by atoms with van der Waals surface area (Å²) in [6.07, 6.45) is 1.50. The molecule has 0 radical (unpaired) electrons. The molecule has 2 aromatic heterocycles. The van der Waals surface area contributed by atoms with Crippen LogP contribution in [0.15, 0.2) is 30.6 Å². The van der Waals surface area contributed by atoms with Gasteiger partial charge in [0.25, 0.3) is 0 Å². The molecule has 0 saturated carbocycles. The zero-order chi connectivity index (χ0) is 11.8. The first kappa shape index (κ1) is 10.2. The van der Waals surface area contributed by atoms with Crippen molar-refractivity contribution in [2.24, 2.45) is 0 Å². The molecule has 0 aliphatic rings. The van der Waals surface area contributed by atoms with Gasteiger partial charge < -0.3 is 4.98 Å². The van der Waals surface area contributed by atoms with E-state index >= 15 is 0 Å². The standard InChI is InChI=1S/C11H6ClFN4/c12-9-8-11(15-5-14-8)17-10(16-9)6-1-3-7(13)4-2-6/h1-5H,(H,14,15,16,17). The number of aromatic nitrogens is 4. The molecule has 4 nitrogen and oxygen atoms in total. The number of imidazole rings is 1. The van der Waals surface area contributed by atoms with Crippen molar-refractivity contribution in [3.8, 4) is 11.4 Å². The number of halogens is 2. The maximum Gasteiger partial charge on any atom is 0.163 e. The van der Waals surface area contributed by atoms with Crippen LogP contribution in [0.25, 0.3) is 22.6 Å². The second kappa shape index (κ2) is 3.78. The molecule has 3 rings (SSSR count). The van der Waals surface area contributed by atoms with Gasteiger partial charge in [0.2, 0.25) is 0 Å². The number of rotatable bonds is 1. The lowest BCUT2D eigenvalue weighted by atomic mass is 10.2. The van der Waals surface area contributed by atoms with Crippen LogP contribution in [0.1, 0.15) is 0 Å². The first-order valence-electron chi connectivity index (χ1n) is 4.86. The van der Waals surface area contributed by atoms with Crippen molar-refractivity contribution in [1.29, 1.82) is 0 Å². The minimum Gasteiger partial charge on any atom is -0.329 e. The summed E-state index contributed by atoms with van der Waals surface area (Å²) >= 11 is 5.98. The monoisotopic (exact) mass is 248 g/mol. The molecule has 0 atom stereocenters. The first-order valence-corrected chi connectivity index (χ1v) is 5.24. The largest absolute Gasteiger partial charge is 0.329 e. The van der Waals surface area contributed by atoms with Crippen LogP contribution in [-0.2, 0) is 0 Å². The van der Waals surface area contributed by atoms with Crippen molar-refractivity contribution >= 4 is 22.8 Å². The molecule has 0 aliphatic carbocycles. The van der Waals surface area contributed by atoms with Gasteiger partial charge in [-0.05, 0) is 24.3 Å². The van der Waals surface area contributed by atoms with E-state index in [0.717, 1.165) is 0 Å². The van der Waals surface area contributed by atoms with E-state index in [9.17, 15) is 4.39 Å². The van der Waals surface area contributed by atoms with Crippen molar-refractivity contribution in [3.05, 3.63) is 41.6 Å². The van der Waals surface area contributed by atoms with Gasteiger partial charge in [0, 0.05) is 5.56 Å². The Bertz CT molecular complexity index is 678. The van der Waals surface area contributed by atoms with Gasteiger partial charge in [-0.3, -0.25) is 0 Å². The summed E-state index contributed by atoms with van der Waals surface area (Å²) < 4.78 is 12.8. The molecule has 0 bridgehead atoms. The SMILES string of the molecule is Fc1ccc(-c2nc(Cl)c3nc[nH]c3n2)cc1. The molecule has 1 N–H and O–H groups in total. The fourth-order valence-electron chi connectivity index (χ4n) is 1.53. The topological polar surface area (TPSA) is 54.5 Å². The quantitative estimate of drug-likeness (QED) is 0.674. The van der Waals surface area contributed by atoms with E-state index in [-0.39, 0.29) is 11.0 Å². The normalized spacial score (nSPS) is 10.9. The molecule has 0 amide bonds. The molecule has 0 unspecified atom stereocenters.